The second-order valence-corrected chi connectivity index (χ2v) is 6.53. The molecule has 5 nitrogen and oxygen atoms in total. The number of carbonyl (C=O) groups excluding carboxylic acids is 2. The van der Waals surface area contributed by atoms with Crippen LogP contribution in [-0.4, -0.2) is 35.8 Å². The zero-order valence-electron chi connectivity index (χ0n) is 13.4. The summed E-state index contributed by atoms with van der Waals surface area (Å²) in [4.78, 5) is 25.4. The topological polar surface area (TPSA) is 55.8 Å². The fourth-order valence-electron chi connectivity index (χ4n) is 2.10. The Morgan fingerprint density at radius 1 is 1.35 bits per heavy atom. The molecule has 1 saturated heterocycles. The van der Waals surface area contributed by atoms with Gasteiger partial charge in [-0.3, -0.25) is 14.5 Å². The van der Waals surface area contributed by atoms with Gasteiger partial charge in [-0.1, -0.05) is 11.6 Å². The molecule has 1 aliphatic rings. The lowest BCUT2D eigenvalue weighted by Crippen LogP contribution is -2.27. The van der Waals surface area contributed by atoms with E-state index in [-0.39, 0.29) is 17.3 Å². The van der Waals surface area contributed by atoms with Gasteiger partial charge in [-0.2, -0.15) is 0 Å². The molecule has 1 aromatic carbocycles. The summed E-state index contributed by atoms with van der Waals surface area (Å²) >= 11 is 7.18. The van der Waals surface area contributed by atoms with Crippen LogP contribution in [0.2, 0.25) is 5.02 Å². The number of nitrogens with zero attached hydrogens (tertiary/aromatic N) is 1. The van der Waals surface area contributed by atoms with Gasteiger partial charge in [0.05, 0.1) is 23.1 Å². The number of carbonyl (C=O) groups is 2. The highest BCUT2D eigenvalue weighted by atomic mass is 35.5. The maximum absolute atomic E-state index is 12.1. The highest BCUT2D eigenvalue weighted by Crippen LogP contribution is 2.39. The number of amides is 2. The summed E-state index contributed by atoms with van der Waals surface area (Å²) < 4.78 is 11.0. The Hall–Kier alpha value is -1.66. The molecule has 0 N–H and O–H groups in total. The van der Waals surface area contributed by atoms with Crippen LogP contribution in [0.4, 0.5) is 4.79 Å². The number of imide groups is 1. The Labute approximate surface area is 144 Å². The molecule has 0 saturated carbocycles. The van der Waals surface area contributed by atoms with Gasteiger partial charge < -0.3 is 9.47 Å². The SMILES string of the molecule is CCN1C(=O)S/C(=C/c2cc(Cl)c(OC(C)C)c(OC)c2)C1=O. The van der Waals surface area contributed by atoms with Crippen molar-refractivity contribution in [3.05, 3.63) is 27.6 Å². The highest BCUT2D eigenvalue weighted by molar-refractivity contribution is 8.18. The van der Waals surface area contributed by atoms with Gasteiger partial charge in [0.2, 0.25) is 0 Å². The third kappa shape index (κ3) is 3.82. The van der Waals surface area contributed by atoms with Gasteiger partial charge in [0.25, 0.3) is 11.1 Å². The number of rotatable bonds is 5. The average molecular weight is 356 g/mol. The predicted octanol–water partition coefficient (Wildman–Crippen LogP) is 4.19. The van der Waals surface area contributed by atoms with E-state index in [9.17, 15) is 9.59 Å². The van der Waals surface area contributed by atoms with Crippen molar-refractivity contribution in [2.75, 3.05) is 13.7 Å². The molecule has 124 valence electrons. The molecule has 2 rings (SSSR count). The summed E-state index contributed by atoms with van der Waals surface area (Å²) in [7, 11) is 1.52. The summed E-state index contributed by atoms with van der Waals surface area (Å²) in [5, 5.41) is 0.126. The van der Waals surface area contributed by atoms with E-state index in [1.165, 1.54) is 12.0 Å². The van der Waals surface area contributed by atoms with E-state index in [1.807, 2.05) is 13.8 Å². The second kappa shape index (κ2) is 7.27. The zero-order valence-corrected chi connectivity index (χ0v) is 15.0. The van der Waals surface area contributed by atoms with Crippen LogP contribution in [0.25, 0.3) is 6.08 Å². The van der Waals surface area contributed by atoms with Crippen LogP contribution in [-0.2, 0) is 4.79 Å². The molecule has 1 aliphatic heterocycles. The first kappa shape index (κ1) is 17.7. The lowest BCUT2D eigenvalue weighted by molar-refractivity contribution is -0.122. The molecule has 1 heterocycles. The summed E-state index contributed by atoms with van der Waals surface area (Å²) in [5.74, 6) is 0.648. The van der Waals surface area contributed by atoms with Gasteiger partial charge in [0.15, 0.2) is 11.5 Å². The third-order valence-corrected chi connectivity index (χ3v) is 4.28. The first-order valence-electron chi connectivity index (χ1n) is 7.16. The Bertz CT molecular complexity index is 672. The lowest BCUT2D eigenvalue weighted by atomic mass is 10.1. The van der Waals surface area contributed by atoms with Crippen molar-refractivity contribution >= 4 is 40.6 Å². The molecule has 2 amide bonds. The van der Waals surface area contributed by atoms with E-state index in [0.717, 1.165) is 11.8 Å². The van der Waals surface area contributed by atoms with E-state index < -0.39 is 0 Å². The molecule has 0 aromatic heterocycles. The maximum Gasteiger partial charge on any atom is 0.293 e. The fraction of sp³-hybridized carbons (Fsp3) is 0.375. The summed E-state index contributed by atoms with van der Waals surface area (Å²) in [6, 6.07) is 3.41. The molecule has 7 heteroatoms. The van der Waals surface area contributed by atoms with Gasteiger partial charge in [0, 0.05) is 6.54 Å². The van der Waals surface area contributed by atoms with Crippen LogP contribution >= 0.6 is 23.4 Å². The molecule has 0 bridgehead atoms. The van der Waals surface area contributed by atoms with Gasteiger partial charge >= 0.3 is 0 Å². The lowest BCUT2D eigenvalue weighted by Gasteiger charge is -2.15. The maximum atomic E-state index is 12.1. The number of ether oxygens (including phenoxy) is 2. The Kier molecular flexibility index (Phi) is 5.59. The Morgan fingerprint density at radius 3 is 2.57 bits per heavy atom. The number of thioether (sulfide) groups is 1. The number of likely N-dealkylation sites (N-methyl/N-ethyl adjacent to an activating group) is 1. The van der Waals surface area contributed by atoms with Crippen molar-refractivity contribution in [1.29, 1.82) is 0 Å². The fourth-order valence-corrected chi connectivity index (χ4v) is 3.26. The van der Waals surface area contributed by atoms with Gasteiger partial charge in [-0.05, 0) is 56.3 Å². The van der Waals surface area contributed by atoms with Crippen LogP contribution in [0.3, 0.4) is 0 Å². The number of methoxy groups -OCH3 is 1. The monoisotopic (exact) mass is 355 g/mol. The normalized spacial score (nSPS) is 16.6. The van der Waals surface area contributed by atoms with E-state index in [1.54, 1.807) is 25.1 Å². The van der Waals surface area contributed by atoms with Crippen molar-refractivity contribution in [3.8, 4) is 11.5 Å². The average Bonchev–Trinajstić information content (AvgIpc) is 2.75. The largest absolute Gasteiger partial charge is 0.493 e. The van der Waals surface area contributed by atoms with Crippen LogP contribution < -0.4 is 9.47 Å². The summed E-state index contributed by atoms with van der Waals surface area (Å²) in [6.07, 6.45) is 1.59. The first-order chi connectivity index (χ1) is 10.9. The quantitative estimate of drug-likeness (QED) is 0.741. The van der Waals surface area contributed by atoms with Crippen molar-refractivity contribution in [1.82, 2.24) is 4.90 Å². The van der Waals surface area contributed by atoms with Gasteiger partial charge in [0.1, 0.15) is 0 Å². The van der Waals surface area contributed by atoms with Crippen LogP contribution in [0.5, 0.6) is 11.5 Å². The highest BCUT2D eigenvalue weighted by Gasteiger charge is 2.33. The van der Waals surface area contributed by atoms with E-state index in [4.69, 9.17) is 21.1 Å². The second-order valence-electron chi connectivity index (χ2n) is 5.13. The molecular weight excluding hydrogens is 338 g/mol. The molecular formula is C16H18ClNO4S. The van der Waals surface area contributed by atoms with E-state index in [0.29, 0.717) is 33.5 Å². The molecule has 1 fully saturated rings. The van der Waals surface area contributed by atoms with Crippen molar-refractivity contribution in [2.24, 2.45) is 0 Å². The number of hydrogen-bond acceptors (Lipinski definition) is 5. The zero-order chi connectivity index (χ0) is 17.1. The minimum absolute atomic E-state index is 0.0479. The Balaban J connectivity index is 2.38. The van der Waals surface area contributed by atoms with Gasteiger partial charge in [-0.15, -0.1) is 0 Å². The van der Waals surface area contributed by atoms with E-state index in [2.05, 4.69) is 0 Å². The Morgan fingerprint density at radius 2 is 2.04 bits per heavy atom. The molecule has 0 atom stereocenters. The number of halogens is 1. The molecule has 0 spiro atoms. The van der Waals surface area contributed by atoms with Crippen molar-refractivity contribution < 1.29 is 19.1 Å². The first-order valence-corrected chi connectivity index (χ1v) is 8.36. The van der Waals surface area contributed by atoms with E-state index >= 15 is 0 Å². The number of hydrogen-bond donors (Lipinski definition) is 0. The molecule has 1 aromatic rings. The molecule has 0 unspecified atom stereocenters. The summed E-state index contributed by atoms with van der Waals surface area (Å²) in [5.41, 5.74) is 0.671. The number of benzene rings is 1. The third-order valence-electron chi connectivity index (χ3n) is 3.09. The molecule has 0 aliphatic carbocycles. The van der Waals surface area contributed by atoms with Crippen molar-refractivity contribution in [3.63, 3.8) is 0 Å². The minimum Gasteiger partial charge on any atom is -0.493 e. The minimum atomic E-state index is -0.292. The van der Waals surface area contributed by atoms with Crippen LogP contribution in [0.15, 0.2) is 17.0 Å². The smallest absolute Gasteiger partial charge is 0.293 e. The molecule has 23 heavy (non-hydrogen) atoms. The van der Waals surface area contributed by atoms with Crippen LogP contribution in [0, 0.1) is 0 Å². The predicted molar refractivity (Wildman–Crippen MR) is 92.1 cm³/mol. The standard InChI is InChI=1S/C16H18ClNO4S/c1-5-18-15(19)13(23-16(18)20)8-10-6-11(17)14(22-9(2)3)12(7-10)21-4/h6-9H,5H2,1-4H3/b13-8+. The van der Waals surface area contributed by atoms with Crippen LogP contribution in [0.1, 0.15) is 26.3 Å². The van der Waals surface area contributed by atoms with Crippen molar-refractivity contribution in [2.45, 2.75) is 26.9 Å². The summed E-state index contributed by atoms with van der Waals surface area (Å²) in [6.45, 7) is 5.90. The van der Waals surface area contributed by atoms with Gasteiger partial charge in [-0.25, -0.2) is 0 Å². The molecule has 0 radical (unpaired) electrons.